The average Bonchev–Trinajstić information content (AvgIpc) is 3.14. The van der Waals surface area contributed by atoms with Crippen LogP contribution >= 0.6 is 0 Å². The smallest absolute Gasteiger partial charge is 0.201 e. The number of nitrogens with zero attached hydrogens (tertiary/aromatic N) is 2. The molecular formula is C26H28N2O3. The van der Waals surface area contributed by atoms with Gasteiger partial charge in [0, 0.05) is 30.9 Å². The summed E-state index contributed by atoms with van der Waals surface area (Å²) >= 11 is 0. The van der Waals surface area contributed by atoms with E-state index in [0.29, 0.717) is 5.88 Å². The maximum absolute atomic E-state index is 9.91. The number of hydrogen-bond acceptors (Lipinski definition) is 5. The highest BCUT2D eigenvalue weighted by molar-refractivity contribution is 5.75. The minimum absolute atomic E-state index is 0.0405. The van der Waals surface area contributed by atoms with Gasteiger partial charge in [0.2, 0.25) is 5.88 Å². The van der Waals surface area contributed by atoms with Crippen LogP contribution in [-0.2, 0) is 0 Å². The second-order valence-corrected chi connectivity index (χ2v) is 7.61. The molecule has 0 aromatic heterocycles. The van der Waals surface area contributed by atoms with Crippen LogP contribution < -0.4 is 14.5 Å². The molecule has 0 saturated heterocycles. The van der Waals surface area contributed by atoms with Crippen LogP contribution in [0.5, 0.6) is 17.2 Å². The number of anilines is 2. The van der Waals surface area contributed by atoms with Crippen LogP contribution in [0.1, 0.15) is 37.9 Å². The zero-order chi connectivity index (χ0) is 22.0. The number of phenols is 2. The Balaban J connectivity index is 1.78. The second kappa shape index (κ2) is 8.64. The Morgan fingerprint density at radius 2 is 1.68 bits per heavy atom. The van der Waals surface area contributed by atoms with Crippen LogP contribution in [0.25, 0.3) is 6.08 Å². The monoisotopic (exact) mass is 416 g/mol. The summed E-state index contributed by atoms with van der Waals surface area (Å²) in [6.07, 6.45) is 1.88. The van der Waals surface area contributed by atoms with Gasteiger partial charge in [0.15, 0.2) is 17.2 Å². The van der Waals surface area contributed by atoms with Crippen molar-refractivity contribution in [1.29, 1.82) is 0 Å². The van der Waals surface area contributed by atoms with Gasteiger partial charge in [-0.05, 0) is 56.2 Å². The van der Waals surface area contributed by atoms with Gasteiger partial charge in [-0.15, -0.1) is 0 Å². The van der Waals surface area contributed by atoms with E-state index in [0.717, 1.165) is 35.8 Å². The van der Waals surface area contributed by atoms with Gasteiger partial charge in [0.25, 0.3) is 0 Å². The number of rotatable bonds is 6. The predicted molar refractivity (Wildman–Crippen MR) is 126 cm³/mol. The molecule has 31 heavy (non-hydrogen) atoms. The Bertz CT molecular complexity index is 1090. The first-order valence-electron chi connectivity index (χ1n) is 10.7. The van der Waals surface area contributed by atoms with Gasteiger partial charge in [0.1, 0.15) is 0 Å². The van der Waals surface area contributed by atoms with Crippen LogP contribution in [0.4, 0.5) is 11.4 Å². The summed E-state index contributed by atoms with van der Waals surface area (Å²) in [6, 6.07) is 21.4. The molecule has 0 saturated carbocycles. The average molecular weight is 417 g/mol. The first-order chi connectivity index (χ1) is 15.0. The van der Waals surface area contributed by atoms with E-state index in [9.17, 15) is 10.2 Å². The zero-order valence-electron chi connectivity index (χ0n) is 18.1. The molecule has 0 bridgehead atoms. The molecule has 0 amide bonds. The molecule has 1 aliphatic heterocycles. The number of hydrogen-bond donors (Lipinski definition) is 2. The largest absolute Gasteiger partial charge is 0.504 e. The fourth-order valence-electron chi connectivity index (χ4n) is 4.00. The summed E-state index contributed by atoms with van der Waals surface area (Å²) in [5.74, 6) is 1.18. The minimum atomic E-state index is -0.156. The maximum Gasteiger partial charge on any atom is 0.201 e. The molecule has 1 aliphatic rings. The molecule has 1 atom stereocenters. The lowest BCUT2D eigenvalue weighted by atomic mass is 10.1. The lowest BCUT2D eigenvalue weighted by Gasteiger charge is -2.27. The fraction of sp³-hybridized carbons (Fsp3) is 0.231. The topological polar surface area (TPSA) is 56.2 Å². The number of phenolic OH excluding ortho intramolecular Hbond substituents is 2. The molecule has 3 aromatic carbocycles. The maximum atomic E-state index is 9.91. The second-order valence-electron chi connectivity index (χ2n) is 7.61. The Kier molecular flexibility index (Phi) is 5.76. The van der Waals surface area contributed by atoms with E-state index in [2.05, 4.69) is 60.9 Å². The highest BCUT2D eigenvalue weighted by atomic mass is 16.5. The predicted octanol–water partition coefficient (Wildman–Crippen LogP) is 5.90. The molecule has 4 rings (SSSR count). The summed E-state index contributed by atoms with van der Waals surface area (Å²) in [4.78, 5) is 4.45. The Morgan fingerprint density at radius 1 is 0.935 bits per heavy atom. The molecule has 5 heteroatoms. The summed E-state index contributed by atoms with van der Waals surface area (Å²) in [6.45, 7) is 8.28. The van der Waals surface area contributed by atoms with Gasteiger partial charge in [-0.3, -0.25) is 0 Å². The SMILES string of the molecule is CCN(CC)c1ccc2c(c1)O/C(=C\c1ccc(O)c(O)c1)N2C(C)c1ccccc1. The summed E-state index contributed by atoms with van der Waals surface area (Å²) in [7, 11) is 0. The van der Waals surface area contributed by atoms with E-state index in [1.54, 1.807) is 6.07 Å². The van der Waals surface area contributed by atoms with Gasteiger partial charge >= 0.3 is 0 Å². The third kappa shape index (κ3) is 4.04. The molecule has 0 spiro atoms. The summed E-state index contributed by atoms with van der Waals surface area (Å²) < 4.78 is 6.33. The normalized spacial score (nSPS) is 14.9. The van der Waals surface area contributed by atoms with Crippen molar-refractivity contribution in [3.63, 3.8) is 0 Å². The van der Waals surface area contributed by atoms with E-state index in [1.165, 1.54) is 17.7 Å². The Labute approximate surface area is 183 Å². The lowest BCUT2D eigenvalue weighted by molar-refractivity contribution is 0.403. The highest BCUT2D eigenvalue weighted by Crippen LogP contribution is 2.46. The first kappa shape index (κ1) is 20.7. The Hall–Kier alpha value is -3.60. The van der Waals surface area contributed by atoms with Crippen LogP contribution in [0, 0.1) is 0 Å². The molecule has 1 unspecified atom stereocenters. The van der Waals surface area contributed by atoms with Crippen LogP contribution in [0.3, 0.4) is 0 Å². The number of aromatic hydroxyl groups is 2. The molecule has 0 aliphatic carbocycles. The van der Waals surface area contributed by atoms with E-state index < -0.39 is 0 Å². The van der Waals surface area contributed by atoms with Crippen molar-refractivity contribution >= 4 is 17.5 Å². The quantitative estimate of drug-likeness (QED) is 0.490. The number of ether oxygens (including phenoxy) is 1. The van der Waals surface area contributed by atoms with Gasteiger partial charge in [-0.1, -0.05) is 36.4 Å². The molecule has 1 heterocycles. The van der Waals surface area contributed by atoms with Gasteiger partial charge < -0.3 is 24.7 Å². The first-order valence-corrected chi connectivity index (χ1v) is 10.7. The minimum Gasteiger partial charge on any atom is -0.504 e. The lowest BCUT2D eigenvalue weighted by Crippen LogP contribution is -2.24. The summed E-state index contributed by atoms with van der Waals surface area (Å²) in [5, 5.41) is 19.6. The Morgan fingerprint density at radius 3 is 2.35 bits per heavy atom. The van der Waals surface area contributed by atoms with Crippen molar-refractivity contribution < 1.29 is 14.9 Å². The van der Waals surface area contributed by atoms with Crippen LogP contribution in [0.15, 0.2) is 72.6 Å². The molecule has 2 N–H and O–H groups in total. The molecule has 5 nitrogen and oxygen atoms in total. The summed E-state index contributed by atoms with van der Waals surface area (Å²) in [5.41, 5.74) is 4.04. The van der Waals surface area contributed by atoms with E-state index in [1.807, 2.05) is 24.3 Å². The highest BCUT2D eigenvalue weighted by Gasteiger charge is 2.31. The van der Waals surface area contributed by atoms with Crippen molar-refractivity contribution in [2.45, 2.75) is 26.8 Å². The standard InChI is InChI=1S/C26H28N2O3/c1-4-27(5-2)21-12-13-22-25(17-21)31-26(16-19-11-14-23(29)24(30)15-19)28(22)18(3)20-9-7-6-8-10-20/h6-18,29-30H,4-5H2,1-3H3/b26-16-. The van der Waals surface area contributed by atoms with Crippen molar-refractivity contribution in [2.24, 2.45) is 0 Å². The van der Waals surface area contributed by atoms with Crippen molar-refractivity contribution in [1.82, 2.24) is 0 Å². The third-order valence-corrected chi connectivity index (χ3v) is 5.74. The van der Waals surface area contributed by atoms with Crippen LogP contribution in [-0.4, -0.2) is 23.3 Å². The number of benzene rings is 3. The number of fused-ring (bicyclic) bond motifs is 1. The van der Waals surface area contributed by atoms with Gasteiger partial charge in [0.05, 0.1) is 11.7 Å². The van der Waals surface area contributed by atoms with Gasteiger partial charge in [-0.25, -0.2) is 0 Å². The molecule has 160 valence electrons. The van der Waals surface area contributed by atoms with Crippen LogP contribution in [0.2, 0.25) is 0 Å². The van der Waals surface area contributed by atoms with E-state index >= 15 is 0 Å². The van der Waals surface area contributed by atoms with Crippen molar-refractivity contribution in [2.75, 3.05) is 22.9 Å². The van der Waals surface area contributed by atoms with E-state index in [4.69, 9.17) is 4.74 Å². The molecule has 0 fully saturated rings. The fourth-order valence-corrected chi connectivity index (χ4v) is 4.00. The van der Waals surface area contributed by atoms with Crippen molar-refractivity contribution in [3.05, 3.63) is 83.7 Å². The molecule has 0 radical (unpaired) electrons. The van der Waals surface area contributed by atoms with Gasteiger partial charge in [-0.2, -0.15) is 0 Å². The molecular weight excluding hydrogens is 388 g/mol. The van der Waals surface area contributed by atoms with E-state index in [-0.39, 0.29) is 17.5 Å². The molecule has 3 aromatic rings. The third-order valence-electron chi connectivity index (χ3n) is 5.74. The zero-order valence-corrected chi connectivity index (χ0v) is 18.1. The van der Waals surface area contributed by atoms with Crippen molar-refractivity contribution in [3.8, 4) is 17.2 Å².